The van der Waals surface area contributed by atoms with E-state index in [1.165, 1.54) is 6.08 Å². The number of nitrogens with zero attached hydrogens (tertiary/aromatic N) is 1. The van der Waals surface area contributed by atoms with Gasteiger partial charge in [-0.05, 0) is 32.5 Å². The molecular formula is C11H20N2O2. The molecule has 0 spiro atoms. The third-order valence-electron chi connectivity index (χ3n) is 2.83. The highest BCUT2D eigenvalue weighted by Crippen LogP contribution is 2.11. The standard InChI is InChI=1S/C11H20N2O2/c1-2-13(9-3-4-11(14)15)10-5-7-12-8-6-10/h3-4,10,12H,2,5-9H2,1H3,(H,14,15)/b4-3+. The van der Waals surface area contributed by atoms with Crippen LogP contribution in [0.5, 0.6) is 0 Å². The maximum atomic E-state index is 10.3. The smallest absolute Gasteiger partial charge is 0.328 e. The molecule has 1 aliphatic heterocycles. The Labute approximate surface area is 91.0 Å². The summed E-state index contributed by atoms with van der Waals surface area (Å²) in [6.07, 6.45) is 5.28. The maximum Gasteiger partial charge on any atom is 0.328 e. The summed E-state index contributed by atoms with van der Waals surface area (Å²) in [6, 6.07) is 0.606. The largest absolute Gasteiger partial charge is 0.478 e. The second-order valence-electron chi connectivity index (χ2n) is 3.81. The average Bonchev–Trinajstić information content (AvgIpc) is 2.25. The molecule has 1 fully saturated rings. The van der Waals surface area contributed by atoms with Crippen LogP contribution >= 0.6 is 0 Å². The summed E-state index contributed by atoms with van der Waals surface area (Å²) >= 11 is 0. The van der Waals surface area contributed by atoms with Crippen LogP contribution < -0.4 is 5.32 Å². The van der Waals surface area contributed by atoms with Gasteiger partial charge in [-0.25, -0.2) is 4.79 Å². The van der Waals surface area contributed by atoms with E-state index in [4.69, 9.17) is 5.11 Å². The summed E-state index contributed by atoms with van der Waals surface area (Å²) in [7, 11) is 0. The molecule has 15 heavy (non-hydrogen) atoms. The van der Waals surface area contributed by atoms with E-state index < -0.39 is 5.97 Å². The van der Waals surface area contributed by atoms with Gasteiger partial charge in [0.1, 0.15) is 0 Å². The first kappa shape index (κ1) is 12.2. The summed E-state index contributed by atoms with van der Waals surface area (Å²) in [6.45, 7) is 5.99. The van der Waals surface area contributed by atoms with E-state index in [1.54, 1.807) is 6.08 Å². The van der Waals surface area contributed by atoms with Crippen molar-refractivity contribution in [2.24, 2.45) is 0 Å². The molecule has 0 amide bonds. The van der Waals surface area contributed by atoms with E-state index in [9.17, 15) is 4.79 Å². The van der Waals surface area contributed by atoms with Gasteiger partial charge in [-0.2, -0.15) is 0 Å². The van der Waals surface area contributed by atoms with Crippen molar-refractivity contribution in [3.63, 3.8) is 0 Å². The van der Waals surface area contributed by atoms with Crippen LogP contribution in [0, 0.1) is 0 Å². The third kappa shape index (κ3) is 4.44. The third-order valence-corrected chi connectivity index (χ3v) is 2.83. The fourth-order valence-corrected chi connectivity index (χ4v) is 2.00. The first-order valence-electron chi connectivity index (χ1n) is 5.58. The second kappa shape index (κ2) is 6.58. The Morgan fingerprint density at radius 2 is 2.20 bits per heavy atom. The van der Waals surface area contributed by atoms with Gasteiger partial charge in [0.05, 0.1) is 0 Å². The highest BCUT2D eigenvalue weighted by molar-refractivity contribution is 5.79. The normalized spacial score (nSPS) is 18.8. The minimum atomic E-state index is -0.864. The van der Waals surface area contributed by atoms with Crippen molar-refractivity contribution < 1.29 is 9.90 Å². The molecular weight excluding hydrogens is 192 g/mol. The molecule has 0 atom stereocenters. The van der Waals surface area contributed by atoms with E-state index >= 15 is 0 Å². The molecule has 0 aromatic heterocycles. The first-order valence-corrected chi connectivity index (χ1v) is 5.58. The lowest BCUT2D eigenvalue weighted by atomic mass is 10.0. The van der Waals surface area contributed by atoms with E-state index in [0.717, 1.165) is 39.0 Å². The number of hydrogen-bond acceptors (Lipinski definition) is 3. The van der Waals surface area contributed by atoms with Gasteiger partial charge >= 0.3 is 5.97 Å². The van der Waals surface area contributed by atoms with E-state index in [2.05, 4.69) is 17.1 Å². The van der Waals surface area contributed by atoms with Crippen molar-refractivity contribution in [3.05, 3.63) is 12.2 Å². The van der Waals surface area contributed by atoms with Crippen LogP contribution in [-0.2, 0) is 4.79 Å². The number of nitrogens with one attached hydrogen (secondary N) is 1. The minimum absolute atomic E-state index is 0.606. The predicted molar refractivity (Wildman–Crippen MR) is 59.9 cm³/mol. The minimum Gasteiger partial charge on any atom is -0.478 e. The summed E-state index contributed by atoms with van der Waals surface area (Å²) in [4.78, 5) is 12.7. The Morgan fingerprint density at radius 1 is 1.53 bits per heavy atom. The van der Waals surface area contributed by atoms with Crippen LogP contribution in [0.1, 0.15) is 19.8 Å². The number of carboxylic acid groups (broad SMARTS) is 1. The van der Waals surface area contributed by atoms with Crippen molar-refractivity contribution in [1.82, 2.24) is 10.2 Å². The van der Waals surface area contributed by atoms with Gasteiger partial charge < -0.3 is 10.4 Å². The van der Waals surface area contributed by atoms with Crippen LogP contribution in [0.25, 0.3) is 0 Å². The lowest BCUT2D eigenvalue weighted by Gasteiger charge is -2.33. The summed E-state index contributed by atoms with van der Waals surface area (Å²) in [5, 5.41) is 11.8. The van der Waals surface area contributed by atoms with Gasteiger partial charge in [-0.15, -0.1) is 0 Å². The number of rotatable bonds is 5. The van der Waals surface area contributed by atoms with Crippen LogP contribution in [-0.4, -0.2) is 48.2 Å². The Morgan fingerprint density at radius 3 is 2.73 bits per heavy atom. The van der Waals surface area contributed by atoms with Crippen LogP contribution in [0.4, 0.5) is 0 Å². The number of likely N-dealkylation sites (N-methyl/N-ethyl adjacent to an activating group) is 1. The molecule has 86 valence electrons. The monoisotopic (exact) mass is 212 g/mol. The van der Waals surface area contributed by atoms with Gasteiger partial charge in [0, 0.05) is 18.7 Å². The molecule has 2 N–H and O–H groups in total. The number of aliphatic carboxylic acids is 1. The molecule has 1 rings (SSSR count). The van der Waals surface area contributed by atoms with Crippen LogP contribution in [0.3, 0.4) is 0 Å². The van der Waals surface area contributed by atoms with Crippen LogP contribution in [0.2, 0.25) is 0 Å². The lowest BCUT2D eigenvalue weighted by Crippen LogP contribution is -2.43. The zero-order valence-electron chi connectivity index (χ0n) is 9.28. The molecule has 0 aliphatic carbocycles. The fourth-order valence-electron chi connectivity index (χ4n) is 2.00. The van der Waals surface area contributed by atoms with Crippen molar-refractivity contribution in [1.29, 1.82) is 0 Å². The van der Waals surface area contributed by atoms with Crippen molar-refractivity contribution in [2.75, 3.05) is 26.2 Å². The lowest BCUT2D eigenvalue weighted by molar-refractivity contribution is -0.131. The number of carbonyl (C=O) groups is 1. The van der Waals surface area contributed by atoms with Crippen molar-refractivity contribution in [3.8, 4) is 0 Å². The van der Waals surface area contributed by atoms with Gasteiger partial charge in [0.15, 0.2) is 0 Å². The second-order valence-corrected chi connectivity index (χ2v) is 3.81. The Bertz CT molecular complexity index is 223. The maximum absolute atomic E-state index is 10.3. The molecule has 4 heteroatoms. The Hall–Kier alpha value is -0.870. The van der Waals surface area contributed by atoms with Crippen molar-refractivity contribution >= 4 is 5.97 Å². The molecule has 1 saturated heterocycles. The zero-order chi connectivity index (χ0) is 11.1. The summed E-state index contributed by atoms with van der Waals surface area (Å²) < 4.78 is 0. The number of carboxylic acids is 1. The Balaban J connectivity index is 2.36. The van der Waals surface area contributed by atoms with E-state index in [0.29, 0.717) is 6.04 Å². The van der Waals surface area contributed by atoms with Gasteiger partial charge in [-0.3, -0.25) is 4.90 Å². The van der Waals surface area contributed by atoms with Crippen LogP contribution in [0.15, 0.2) is 12.2 Å². The zero-order valence-corrected chi connectivity index (χ0v) is 9.28. The first-order chi connectivity index (χ1) is 7.24. The molecule has 0 aromatic rings. The molecule has 1 aliphatic rings. The SMILES string of the molecule is CCN(C/C=C/C(=O)O)C1CCNCC1. The average molecular weight is 212 g/mol. The predicted octanol–water partition coefficient (Wildman–Crippen LogP) is 0.701. The quantitative estimate of drug-likeness (QED) is 0.659. The fraction of sp³-hybridized carbons (Fsp3) is 0.727. The molecule has 1 heterocycles. The van der Waals surface area contributed by atoms with E-state index in [1.807, 2.05) is 0 Å². The molecule has 0 radical (unpaired) electrons. The van der Waals surface area contributed by atoms with Crippen molar-refractivity contribution in [2.45, 2.75) is 25.8 Å². The Kier molecular flexibility index (Phi) is 5.36. The molecule has 4 nitrogen and oxygen atoms in total. The highest BCUT2D eigenvalue weighted by Gasteiger charge is 2.18. The molecule has 0 unspecified atom stereocenters. The summed E-state index contributed by atoms with van der Waals surface area (Å²) in [5.41, 5.74) is 0. The van der Waals surface area contributed by atoms with Gasteiger partial charge in [0.25, 0.3) is 0 Å². The topological polar surface area (TPSA) is 52.6 Å². The summed E-state index contributed by atoms with van der Waals surface area (Å²) in [5.74, 6) is -0.864. The molecule has 0 saturated carbocycles. The number of hydrogen-bond donors (Lipinski definition) is 2. The molecule has 0 aromatic carbocycles. The van der Waals surface area contributed by atoms with E-state index in [-0.39, 0.29) is 0 Å². The highest BCUT2D eigenvalue weighted by atomic mass is 16.4. The van der Waals surface area contributed by atoms with Gasteiger partial charge in [0.2, 0.25) is 0 Å². The molecule has 0 bridgehead atoms. The van der Waals surface area contributed by atoms with Gasteiger partial charge in [-0.1, -0.05) is 13.0 Å². The number of piperidine rings is 1.